The lowest BCUT2D eigenvalue weighted by Gasteiger charge is -1.93. The minimum atomic E-state index is 0.626. The van der Waals surface area contributed by atoms with E-state index in [1.807, 2.05) is 6.92 Å². The highest BCUT2D eigenvalue weighted by Gasteiger charge is 1.98. The molecule has 0 saturated heterocycles. The van der Waals surface area contributed by atoms with Crippen molar-refractivity contribution in [1.29, 1.82) is 0 Å². The summed E-state index contributed by atoms with van der Waals surface area (Å²) in [5, 5.41) is 4.05. The summed E-state index contributed by atoms with van der Waals surface area (Å²) in [6.45, 7) is 1.96. The Labute approximate surface area is 63.7 Å². The van der Waals surface area contributed by atoms with Gasteiger partial charge in [0, 0.05) is 5.56 Å². The molecule has 2 aromatic rings. The van der Waals surface area contributed by atoms with Crippen LogP contribution in [-0.2, 0) is 0 Å². The molecule has 0 aliphatic carbocycles. The SMILES string of the molecule is Cc1cnn2cc(N)cnc12. The van der Waals surface area contributed by atoms with E-state index >= 15 is 0 Å². The molecule has 0 aliphatic heterocycles. The average molecular weight is 148 g/mol. The second kappa shape index (κ2) is 1.95. The largest absolute Gasteiger partial charge is 0.396 e. The van der Waals surface area contributed by atoms with E-state index in [4.69, 9.17) is 5.73 Å². The van der Waals surface area contributed by atoms with E-state index in [0.717, 1.165) is 11.2 Å². The van der Waals surface area contributed by atoms with Crippen LogP contribution in [0.1, 0.15) is 5.56 Å². The highest BCUT2D eigenvalue weighted by atomic mass is 15.2. The second-order valence-electron chi connectivity index (χ2n) is 2.48. The minimum Gasteiger partial charge on any atom is -0.396 e. The van der Waals surface area contributed by atoms with Gasteiger partial charge in [-0.2, -0.15) is 5.10 Å². The molecule has 0 amide bonds. The number of nitrogens with two attached hydrogens (primary N) is 1. The topological polar surface area (TPSA) is 56.2 Å². The number of fused-ring (bicyclic) bond motifs is 1. The fourth-order valence-corrected chi connectivity index (χ4v) is 1.01. The Bertz CT molecular complexity index is 390. The first-order valence-electron chi connectivity index (χ1n) is 3.33. The summed E-state index contributed by atoms with van der Waals surface area (Å²) in [7, 11) is 0. The van der Waals surface area contributed by atoms with Gasteiger partial charge in [-0.05, 0) is 6.92 Å². The number of aryl methyl sites for hydroxylation is 1. The van der Waals surface area contributed by atoms with Gasteiger partial charge in [0.1, 0.15) is 0 Å². The molecule has 11 heavy (non-hydrogen) atoms. The van der Waals surface area contributed by atoms with Gasteiger partial charge in [0.15, 0.2) is 5.65 Å². The number of hydrogen-bond donors (Lipinski definition) is 1. The summed E-state index contributed by atoms with van der Waals surface area (Å²) in [4.78, 5) is 4.12. The van der Waals surface area contributed by atoms with Crippen LogP contribution >= 0.6 is 0 Å². The third kappa shape index (κ3) is 0.832. The van der Waals surface area contributed by atoms with Gasteiger partial charge in [-0.15, -0.1) is 0 Å². The molecular weight excluding hydrogens is 140 g/mol. The lowest BCUT2D eigenvalue weighted by molar-refractivity contribution is 0.942. The zero-order valence-electron chi connectivity index (χ0n) is 6.15. The molecule has 2 aromatic heterocycles. The van der Waals surface area contributed by atoms with Gasteiger partial charge in [-0.1, -0.05) is 0 Å². The molecule has 4 heteroatoms. The van der Waals surface area contributed by atoms with Crippen molar-refractivity contribution in [3.05, 3.63) is 24.2 Å². The monoisotopic (exact) mass is 148 g/mol. The number of rotatable bonds is 0. The van der Waals surface area contributed by atoms with Crippen LogP contribution in [-0.4, -0.2) is 14.6 Å². The first-order valence-corrected chi connectivity index (χ1v) is 3.33. The molecule has 0 fully saturated rings. The van der Waals surface area contributed by atoms with E-state index in [2.05, 4.69) is 10.1 Å². The Hall–Kier alpha value is -1.58. The molecule has 0 aromatic carbocycles. The summed E-state index contributed by atoms with van der Waals surface area (Å²) in [5.41, 5.74) is 8.06. The van der Waals surface area contributed by atoms with Crippen LogP contribution in [0, 0.1) is 6.92 Å². The first kappa shape index (κ1) is 6.15. The number of aromatic nitrogens is 3. The van der Waals surface area contributed by atoms with E-state index < -0.39 is 0 Å². The van der Waals surface area contributed by atoms with E-state index in [9.17, 15) is 0 Å². The van der Waals surface area contributed by atoms with Crippen molar-refractivity contribution < 1.29 is 0 Å². The Kier molecular flexibility index (Phi) is 1.09. The van der Waals surface area contributed by atoms with Crippen LogP contribution in [0.3, 0.4) is 0 Å². The predicted molar refractivity (Wildman–Crippen MR) is 42.1 cm³/mol. The van der Waals surface area contributed by atoms with Crippen LogP contribution in [0.2, 0.25) is 0 Å². The maximum atomic E-state index is 5.51. The van der Waals surface area contributed by atoms with Gasteiger partial charge in [-0.3, -0.25) is 0 Å². The van der Waals surface area contributed by atoms with Crippen molar-refractivity contribution in [2.75, 3.05) is 5.73 Å². The van der Waals surface area contributed by atoms with Gasteiger partial charge in [-0.25, -0.2) is 9.50 Å². The van der Waals surface area contributed by atoms with Gasteiger partial charge in [0.2, 0.25) is 0 Å². The molecule has 0 bridgehead atoms. The van der Waals surface area contributed by atoms with Gasteiger partial charge in [0.05, 0.1) is 24.3 Å². The maximum absolute atomic E-state index is 5.51. The Morgan fingerprint density at radius 3 is 3.09 bits per heavy atom. The summed E-state index contributed by atoms with van der Waals surface area (Å²) >= 11 is 0. The zero-order valence-corrected chi connectivity index (χ0v) is 6.15. The second-order valence-corrected chi connectivity index (χ2v) is 2.48. The fraction of sp³-hybridized carbons (Fsp3) is 0.143. The number of nitrogens with zero attached hydrogens (tertiary/aromatic N) is 3. The lowest BCUT2D eigenvalue weighted by atomic mass is 10.4. The molecule has 2 rings (SSSR count). The van der Waals surface area contributed by atoms with Gasteiger partial charge < -0.3 is 5.73 Å². The highest BCUT2D eigenvalue weighted by molar-refractivity contribution is 5.48. The quantitative estimate of drug-likeness (QED) is 0.595. The molecule has 4 nitrogen and oxygen atoms in total. The summed E-state index contributed by atoms with van der Waals surface area (Å²) < 4.78 is 1.67. The average Bonchev–Trinajstić information content (AvgIpc) is 2.32. The molecular formula is C7H8N4. The van der Waals surface area contributed by atoms with Crippen molar-refractivity contribution in [1.82, 2.24) is 14.6 Å². The molecule has 0 spiro atoms. The Balaban J connectivity index is 2.86. The summed E-state index contributed by atoms with van der Waals surface area (Å²) in [6, 6.07) is 0. The van der Waals surface area contributed by atoms with Crippen LogP contribution in [0.15, 0.2) is 18.6 Å². The first-order chi connectivity index (χ1) is 5.27. The van der Waals surface area contributed by atoms with Crippen molar-refractivity contribution in [2.45, 2.75) is 6.92 Å². The lowest BCUT2D eigenvalue weighted by Crippen LogP contribution is -1.94. The van der Waals surface area contributed by atoms with E-state index in [1.165, 1.54) is 0 Å². The molecule has 0 aliphatic rings. The number of nitrogen functional groups attached to an aromatic ring is 1. The fourth-order valence-electron chi connectivity index (χ4n) is 1.01. The standard InChI is InChI=1S/C7H8N4/c1-5-2-10-11-4-6(8)3-9-7(5)11/h2-4H,8H2,1H3. The van der Waals surface area contributed by atoms with Crippen molar-refractivity contribution >= 4 is 11.3 Å². The number of anilines is 1. The number of hydrogen-bond acceptors (Lipinski definition) is 3. The highest BCUT2D eigenvalue weighted by Crippen LogP contribution is 2.07. The van der Waals surface area contributed by atoms with E-state index in [0.29, 0.717) is 5.69 Å². The summed E-state index contributed by atoms with van der Waals surface area (Å²) in [5.74, 6) is 0. The third-order valence-electron chi connectivity index (χ3n) is 1.55. The van der Waals surface area contributed by atoms with Crippen molar-refractivity contribution in [3.63, 3.8) is 0 Å². The normalized spacial score (nSPS) is 10.6. The van der Waals surface area contributed by atoms with Crippen LogP contribution < -0.4 is 5.73 Å². The summed E-state index contributed by atoms with van der Waals surface area (Å²) in [6.07, 6.45) is 5.14. The van der Waals surface area contributed by atoms with Crippen LogP contribution in [0.25, 0.3) is 5.65 Å². The molecule has 0 radical (unpaired) electrons. The molecule has 2 N–H and O–H groups in total. The van der Waals surface area contributed by atoms with Crippen LogP contribution in [0.5, 0.6) is 0 Å². The van der Waals surface area contributed by atoms with Gasteiger partial charge >= 0.3 is 0 Å². The molecule has 0 unspecified atom stereocenters. The molecule has 56 valence electrons. The minimum absolute atomic E-state index is 0.626. The maximum Gasteiger partial charge on any atom is 0.157 e. The molecule has 2 heterocycles. The van der Waals surface area contributed by atoms with Gasteiger partial charge in [0.25, 0.3) is 0 Å². The predicted octanol–water partition coefficient (Wildman–Crippen LogP) is 0.620. The Morgan fingerprint density at radius 1 is 1.45 bits per heavy atom. The zero-order chi connectivity index (χ0) is 7.84. The smallest absolute Gasteiger partial charge is 0.157 e. The van der Waals surface area contributed by atoms with Crippen molar-refractivity contribution in [2.24, 2.45) is 0 Å². The van der Waals surface area contributed by atoms with Crippen molar-refractivity contribution in [3.8, 4) is 0 Å². The third-order valence-corrected chi connectivity index (χ3v) is 1.55. The van der Waals surface area contributed by atoms with Crippen LogP contribution in [0.4, 0.5) is 5.69 Å². The molecule has 0 atom stereocenters. The molecule has 0 saturated carbocycles. The Morgan fingerprint density at radius 2 is 2.27 bits per heavy atom. The van der Waals surface area contributed by atoms with E-state index in [-0.39, 0.29) is 0 Å². The van der Waals surface area contributed by atoms with E-state index in [1.54, 1.807) is 23.1 Å².